The lowest BCUT2D eigenvalue weighted by Crippen LogP contribution is -2.41. The van der Waals surface area contributed by atoms with E-state index >= 15 is 0 Å². The van der Waals surface area contributed by atoms with Crippen molar-refractivity contribution in [1.29, 1.82) is 0 Å². The Morgan fingerprint density at radius 2 is 1.69 bits per heavy atom. The van der Waals surface area contributed by atoms with E-state index in [9.17, 15) is 0 Å². The largest absolute Gasteiger partial charge is 0.356 e. The maximum Gasteiger partial charge on any atom is 0.142 e. The smallest absolute Gasteiger partial charge is 0.142 e. The number of H-pyrrole nitrogens is 1. The molecular formula is C24H41N5. The second kappa shape index (κ2) is 9.92. The van der Waals surface area contributed by atoms with Gasteiger partial charge in [-0.15, -0.1) is 0 Å². The van der Waals surface area contributed by atoms with Crippen LogP contribution in [0.4, 0.5) is 5.82 Å². The molecule has 6 atom stereocenters. The van der Waals surface area contributed by atoms with Crippen LogP contribution in [0.5, 0.6) is 0 Å². The Kier molecular flexibility index (Phi) is 7.55. The van der Waals surface area contributed by atoms with Crippen LogP contribution >= 0.6 is 0 Å². The van der Waals surface area contributed by atoms with E-state index in [0.717, 1.165) is 53.0 Å². The number of rotatable bonds is 3. The van der Waals surface area contributed by atoms with Crippen LogP contribution in [0.25, 0.3) is 11.0 Å². The van der Waals surface area contributed by atoms with Gasteiger partial charge in [0.2, 0.25) is 0 Å². The van der Waals surface area contributed by atoms with Gasteiger partial charge in [0.25, 0.3) is 0 Å². The van der Waals surface area contributed by atoms with Crippen molar-refractivity contribution in [1.82, 2.24) is 15.0 Å². The SMILES string of the molecule is CC1CCC(C)C(CN)C1.CC1CCC(C)C(N(C)c2ncnc3[nH]ccc23)C1. The van der Waals surface area contributed by atoms with Crippen LogP contribution in [-0.2, 0) is 0 Å². The molecule has 0 aliphatic heterocycles. The van der Waals surface area contributed by atoms with Crippen molar-refractivity contribution in [3.63, 3.8) is 0 Å². The van der Waals surface area contributed by atoms with Gasteiger partial charge in [-0.05, 0) is 61.5 Å². The maximum atomic E-state index is 5.66. The fraction of sp³-hybridized carbons (Fsp3) is 0.750. The van der Waals surface area contributed by atoms with Crippen LogP contribution in [0.2, 0.25) is 0 Å². The summed E-state index contributed by atoms with van der Waals surface area (Å²) in [7, 11) is 2.17. The van der Waals surface area contributed by atoms with Crippen molar-refractivity contribution >= 4 is 16.9 Å². The van der Waals surface area contributed by atoms with Crippen molar-refractivity contribution in [3.05, 3.63) is 18.6 Å². The summed E-state index contributed by atoms with van der Waals surface area (Å²) in [4.78, 5) is 14.3. The minimum Gasteiger partial charge on any atom is -0.356 e. The summed E-state index contributed by atoms with van der Waals surface area (Å²) in [6, 6.07) is 2.65. The molecule has 2 aliphatic carbocycles. The van der Waals surface area contributed by atoms with Gasteiger partial charge in [0.1, 0.15) is 17.8 Å². The molecule has 162 valence electrons. The third kappa shape index (κ3) is 5.30. The molecule has 0 amide bonds. The Morgan fingerprint density at radius 3 is 2.38 bits per heavy atom. The van der Waals surface area contributed by atoms with E-state index in [4.69, 9.17) is 5.73 Å². The van der Waals surface area contributed by atoms with Crippen LogP contribution in [0.15, 0.2) is 18.6 Å². The number of nitrogens with two attached hydrogens (primary N) is 1. The predicted octanol–water partition coefficient (Wildman–Crippen LogP) is 5.24. The monoisotopic (exact) mass is 399 g/mol. The number of hydrogen-bond acceptors (Lipinski definition) is 4. The Bertz CT molecular complexity index is 757. The lowest BCUT2D eigenvalue weighted by molar-refractivity contribution is 0.210. The average molecular weight is 400 g/mol. The summed E-state index contributed by atoms with van der Waals surface area (Å²) in [5, 5.41) is 1.12. The van der Waals surface area contributed by atoms with E-state index in [-0.39, 0.29) is 0 Å². The average Bonchev–Trinajstić information content (AvgIpc) is 3.20. The van der Waals surface area contributed by atoms with Gasteiger partial charge in [0.05, 0.1) is 5.39 Å². The molecule has 0 saturated heterocycles. The third-order valence-corrected chi connectivity index (χ3v) is 7.51. The van der Waals surface area contributed by atoms with Gasteiger partial charge in [0.15, 0.2) is 0 Å². The van der Waals surface area contributed by atoms with Gasteiger partial charge >= 0.3 is 0 Å². The molecule has 2 aromatic rings. The van der Waals surface area contributed by atoms with Gasteiger partial charge in [-0.25, -0.2) is 9.97 Å². The topological polar surface area (TPSA) is 70.8 Å². The predicted molar refractivity (Wildman–Crippen MR) is 123 cm³/mol. The fourth-order valence-electron chi connectivity index (χ4n) is 5.32. The standard InChI is InChI=1S/C15H22N4.C9H19N/c1-10-4-5-11(2)13(8-10)19(3)15-12-6-7-16-14(12)17-9-18-15;1-7-3-4-8(2)9(5-7)6-10/h6-7,9-11,13H,4-5,8H2,1-3H3,(H,16,17,18);7-9H,3-6,10H2,1-2H3. The van der Waals surface area contributed by atoms with Gasteiger partial charge < -0.3 is 15.6 Å². The van der Waals surface area contributed by atoms with Crippen molar-refractivity contribution in [2.75, 3.05) is 18.5 Å². The second-order valence-corrected chi connectivity index (χ2v) is 9.90. The summed E-state index contributed by atoms with van der Waals surface area (Å²) in [6.07, 6.45) is 11.7. The summed E-state index contributed by atoms with van der Waals surface area (Å²) < 4.78 is 0. The normalized spacial score (nSPS) is 32.5. The molecule has 3 N–H and O–H groups in total. The van der Waals surface area contributed by atoms with E-state index in [1.165, 1.54) is 38.5 Å². The number of nitrogens with zero attached hydrogens (tertiary/aromatic N) is 3. The Labute approximate surface area is 176 Å². The Morgan fingerprint density at radius 1 is 1.00 bits per heavy atom. The second-order valence-electron chi connectivity index (χ2n) is 9.90. The zero-order valence-corrected chi connectivity index (χ0v) is 19.1. The van der Waals surface area contributed by atoms with Crippen LogP contribution in [0.3, 0.4) is 0 Å². The fourth-order valence-corrected chi connectivity index (χ4v) is 5.32. The summed E-state index contributed by atoms with van der Waals surface area (Å²) in [6.45, 7) is 10.3. The number of fused-ring (bicyclic) bond motifs is 1. The van der Waals surface area contributed by atoms with Gasteiger partial charge in [-0.2, -0.15) is 0 Å². The first-order valence-corrected chi connectivity index (χ1v) is 11.6. The molecule has 4 rings (SSSR count). The third-order valence-electron chi connectivity index (χ3n) is 7.51. The van der Waals surface area contributed by atoms with Gasteiger partial charge in [-0.1, -0.05) is 47.0 Å². The molecule has 2 saturated carbocycles. The van der Waals surface area contributed by atoms with E-state index < -0.39 is 0 Å². The molecular weight excluding hydrogens is 358 g/mol. The first kappa shape index (κ1) is 22.1. The molecule has 2 aromatic heterocycles. The highest BCUT2D eigenvalue weighted by atomic mass is 15.2. The van der Waals surface area contributed by atoms with Gasteiger partial charge in [0, 0.05) is 19.3 Å². The Balaban J connectivity index is 0.000000204. The van der Waals surface area contributed by atoms with Crippen LogP contribution in [0, 0.1) is 29.6 Å². The van der Waals surface area contributed by atoms with Crippen molar-refractivity contribution < 1.29 is 0 Å². The zero-order chi connectivity index (χ0) is 21.0. The summed E-state index contributed by atoms with van der Waals surface area (Å²) >= 11 is 0. The van der Waals surface area contributed by atoms with E-state index in [1.807, 2.05) is 6.20 Å². The molecule has 5 nitrogen and oxygen atoms in total. The molecule has 5 heteroatoms. The Hall–Kier alpha value is -1.62. The number of aromatic amines is 1. The molecule has 6 unspecified atom stereocenters. The zero-order valence-electron chi connectivity index (χ0n) is 19.1. The van der Waals surface area contributed by atoms with Crippen molar-refractivity contribution in [3.8, 4) is 0 Å². The van der Waals surface area contributed by atoms with Crippen molar-refractivity contribution in [2.24, 2.45) is 35.3 Å². The van der Waals surface area contributed by atoms with Gasteiger partial charge in [-0.3, -0.25) is 0 Å². The van der Waals surface area contributed by atoms with Crippen molar-refractivity contribution in [2.45, 2.75) is 72.3 Å². The summed E-state index contributed by atoms with van der Waals surface area (Å²) in [5.41, 5.74) is 6.58. The lowest BCUT2D eigenvalue weighted by atomic mass is 9.76. The molecule has 2 fully saturated rings. The molecule has 0 bridgehead atoms. The number of aromatic nitrogens is 3. The summed E-state index contributed by atoms with van der Waals surface area (Å²) in [5.74, 6) is 5.20. The van der Waals surface area contributed by atoms with Crippen LogP contribution < -0.4 is 10.6 Å². The quantitative estimate of drug-likeness (QED) is 0.741. The van der Waals surface area contributed by atoms with Crippen LogP contribution in [0.1, 0.15) is 66.2 Å². The minimum atomic E-state index is 0.580. The minimum absolute atomic E-state index is 0.580. The first-order valence-electron chi connectivity index (χ1n) is 11.6. The van der Waals surface area contributed by atoms with E-state index in [1.54, 1.807) is 6.33 Å². The molecule has 0 radical (unpaired) electrons. The molecule has 29 heavy (non-hydrogen) atoms. The lowest BCUT2D eigenvalue weighted by Gasteiger charge is -2.39. The van der Waals surface area contributed by atoms with E-state index in [0.29, 0.717) is 6.04 Å². The molecule has 0 spiro atoms. The van der Waals surface area contributed by atoms with E-state index in [2.05, 4.69) is 60.7 Å². The number of anilines is 1. The van der Waals surface area contributed by atoms with Crippen LogP contribution in [-0.4, -0.2) is 34.6 Å². The molecule has 2 heterocycles. The molecule has 2 aliphatic rings. The first-order chi connectivity index (χ1) is 13.9. The molecule has 0 aromatic carbocycles. The number of nitrogens with one attached hydrogen (secondary N) is 1. The highest BCUT2D eigenvalue weighted by Gasteiger charge is 2.30. The number of hydrogen-bond donors (Lipinski definition) is 2. The highest BCUT2D eigenvalue weighted by molar-refractivity contribution is 5.87. The highest BCUT2D eigenvalue weighted by Crippen LogP contribution is 2.35. The maximum absolute atomic E-state index is 5.66.